The van der Waals surface area contributed by atoms with Crippen LogP contribution in [0.15, 0.2) is 170 Å². The Bertz CT molecular complexity index is 2760. The van der Waals surface area contributed by atoms with Gasteiger partial charge in [0, 0.05) is 32.5 Å². The third-order valence-corrected chi connectivity index (χ3v) is 9.34. The number of nitrogens with one attached hydrogen (secondary N) is 1. The molecule has 0 fully saturated rings. The van der Waals surface area contributed by atoms with Crippen LogP contribution >= 0.6 is 0 Å². The second kappa shape index (κ2) is 10.5. The van der Waals surface area contributed by atoms with Crippen molar-refractivity contribution in [3.05, 3.63) is 168 Å². The Morgan fingerprint density at radius 2 is 1.12 bits per heavy atom. The molecule has 1 unspecified atom stereocenters. The number of rotatable bonds is 4. The largest absolute Gasteiger partial charge is 0.455 e. The summed E-state index contributed by atoms with van der Waals surface area (Å²) in [4.78, 5) is 10.3. The molecule has 226 valence electrons. The first-order valence-electron chi connectivity index (χ1n) is 16.1. The van der Waals surface area contributed by atoms with Crippen LogP contribution in [0.2, 0.25) is 0 Å². The minimum Gasteiger partial charge on any atom is -0.455 e. The molecule has 7 aromatic carbocycles. The predicted molar refractivity (Wildman–Crippen MR) is 196 cm³/mol. The van der Waals surface area contributed by atoms with Crippen LogP contribution in [0.1, 0.15) is 22.9 Å². The summed E-state index contributed by atoms with van der Waals surface area (Å²) in [6.07, 6.45) is -0.336. The number of nitrogens with zero attached hydrogens (tertiary/aromatic N) is 2. The van der Waals surface area contributed by atoms with Gasteiger partial charge in [0.1, 0.15) is 34.3 Å². The van der Waals surface area contributed by atoms with Crippen LogP contribution in [0.25, 0.3) is 65.8 Å². The van der Waals surface area contributed by atoms with Crippen LogP contribution in [0.5, 0.6) is 0 Å². The number of hydrogen-bond acceptors (Lipinski definition) is 5. The Balaban J connectivity index is 1.16. The maximum Gasteiger partial charge on any atom is 0.159 e. The highest BCUT2D eigenvalue weighted by molar-refractivity contribution is 6.22. The lowest BCUT2D eigenvalue weighted by Crippen LogP contribution is -2.33. The molecule has 1 aliphatic rings. The number of para-hydroxylation sites is 2. The van der Waals surface area contributed by atoms with Gasteiger partial charge < -0.3 is 14.2 Å². The van der Waals surface area contributed by atoms with E-state index < -0.39 is 0 Å². The highest BCUT2D eigenvalue weighted by atomic mass is 16.3. The number of hydrogen-bond donors (Lipinski definition) is 1. The number of benzene rings is 7. The van der Waals surface area contributed by atoms with E-state index in [9.17, 15) is 0 Å². The summed E-state index contributed by atoms with van der Waals surface area (Å²) in [5.74, 6) is 1.34. The second-order valence-corrected chi connectivity index (χ2v) is 12.2. The summed E-state index contributed by atoms with van der Waals surface area (Å²) >= 11 is 0. The molecule has 1 aliphatic heterocycles. The molecule has 0 saturated carbocycles. The molecule has 5 heteroatoms. The fourth-order valence-corrected chi connectivity index (χ4v) is 7.05. The first kappa shape index (κ1) is 26.7. The zero-order valence-electron chi connectivity index (χ0n) is 25.7. The van der Waals surface area contributed by atoms with Gasteiger partial charge in [-0.05, 0) is 52.4 Å². The van der Waals surface area contributed by atoms with Gasteiger partial charge in [-0.25, -0.2) is 9.98 Å². The van der Waals surface area contributed by atoms with E-state index in [1.165, 1.54) is 11.1 Å². The quantitative estimate of drug-likeness (QED) is 0.214. The van der Waals surface area contributed by atoms with E-state index in [2.05, 4.69) is 121 Å². The summed E-state index contributed by atoms with van der Waals surface area (Å²) in [5.41, 5.74) is 8.51. The van der Waals surface area contributed by atoms with Gasteiger partial charge in [0.05, 0.1) is 5.56 Å². The van der Waals surface area contributed by atoms with Gasteiger partial charge in [-0.15, -0.1) is 0 Å². The Hall–Kier alpha value is -6.46. The molecule has 1 N–H and O–H groups in total. The molecule has 0 radical (unpaired) electrons. The van der Waals surface area contributed by atoms with E-state index in [1.54, 1.807) is 0 Å². The lowest BCUT2D eigenvalue weighted by Gasteiger charge is -2.23. The maximum atomic E-state index is 6.67. The lowest BCUT2D eigenvalue weighted by molar-refractivity contribution is 0.659. The molecule has 48 heavy (non-hydrogen) atoms. The van der Waals surface area contributed by atoms with Gasteiger partial charge in [0.25, 0.3) is 0 Å². The van der Waals surface area contributed by atoms with Crippen molar-refractivity contribution in [3.8, 4) is 11.1 Å². The molecule has 5 nitrogen and oxygen atoms in total. The van der Waals surface area contributed by atoms with E-state index in [0.29, 0.717) is 11.7 Å². The van der Waals surface area contributed by atoms with Gasteiger partial charge in [0.2, 0.25) is 0 Å². The van der Waals surface area contributed by atoms with Crippen LogP contribution < -0.4 is 5.32 Å². The molecule has 0 saturated heterocycles. The van der Waals surface area contributed by atoms with Gasteiger partial charge >= 0.3 is 0 Å². The zero-order chi connectivity index (χ0) is 31.6. The third-order valence-electron chi connectivity index (χ3n) is 9.34. The van der Waals surface area contributed by atoms with Gasteiger partial charge in [-0.2, -0.15) is 0 Å². The average Bonchev–Trinajstić information content (AvgIpc) is 3.73. The van der Waals surface area contributed by atoms with Crippen molar-refractivity contribution in [2.24, 2.45) is 9.98 Å². The number of furan rings is 2. The fourth-order valence-electron chi connectivity index (χ4n) is 7.05. The first-order valence-corrected chi connectivity index (χ1v) is 16.1. The average molecular weight is 618 g/mol. The van der Waals surface area contributed by atoms with Crippen LogP contribution in [0, 0.1) is 0 Å². The van der Waals surface area contributed by atoms with Crippen LogP contribution in [-0.4, -0.2) is 11.7 Å². The summed E-state index contributed by atoms with van der Waals surface area (Å²) in [6, 6.07) is 52.2. The van der Waals surface area contributed by atoms with Crippen molar-refractivity contribution in [1.29, 1.82) is 0 Å². The predicted octanol–water partition coefficient (Wildman–Crippen LogP) is 10.8. The molecule has 0 bridgehead atoms. The van der Waals surface area contributed by atoms with Crippen molar-refractivity contribution in [3.63, 3.8) is 0 Å². The van der Waals surface area contributed by atoms with Crippen molar-refractivity contribution < 1.29 is 8.83 Å². The van der Waals surface area contributed by atoms with E-state index in [0.717, 1.165) is 71.3 Å². The summed E-state index contributed by atoms with van der Waals surface area (Å²) in [6.45, 7) is 0. The van der Waals surface area contributed by atoms with Crippen LogP contribution in [-0.2, 0) is 0 Å². The maximum absolute atomic E-state index is 6.67. The van der Waals surface area contributed by atoms with Crippen molar-refractivity contribution >= 4 is 66.3 Å². The third kappa shape index (κ3) is 4.18. The van der Waals surface area contributed by atoms with Crippen molar-refractivity contribution in [2.45, 2.75) is 6.17 Å². The van der Waals surface area contributed by atoms with Gasteiger partial charge in [-0.1, -0.05) is 121 Å². The van der Waals surface area contributed by atoms with E-state index in [-0.39, 0.29) is 6.17 Å². The van der Waals surface area contributed by atoms with Crippen LogP contribution in [0.3, 0.4) is 0 Å². The molecule has 0 spiro atoms. The fraction of sp³-hybridized carbons (Fsp3) is 0.0233. The van der Waals surface area contributed by atoms with Gasteiger partial charge in [-0.3, -0.25) is 0 Å². The minimum atomic E-state index is -0.336. The minimum absolute atomic E-state index is 0.336. The monoisotopic (exact) mass is 617 g/mol. The summed E-state index contributed by atoms with van der Waals surface area (Å²) in [5, 5.41) is 10.1. The standard InChI is InChI=1S/C43H27N3O2/c1-3-12-26(13-4-1)35-25-36-31-23-22-28(24-38(31)48-40(36)32-18-8-7-16-29(32)35)42-44-41(27-14-5-2-6-15-27)45-43(46-42)34-20-11-19-33-30-17-9-10-21-37(30)47-39(33)34/h1-25,41H,(H,44,45,46). The molecular formula is C43H27N3O2. The van der Waals surface area contributed by atoms with E-state index in [1.807, 2.05) is 36.4 Å². The highest BCUT2D eigenvalue weighted by Crippen LogP contribution is 2.40. The van der Waals surface area contributed by atoms with Gasteiger partial charge in [0.15, 0.2) is 5.84 Å². The Kier molecular flexibility index (Phi) is 5.87. The summed E-state index contributed by atoms with van der Waals surface area (Å²) in [7, 11) is 0. The molecule has 0 amide bonds. The summed E-state index contributed by atoms with van der Waals surface area (Å²) < 4.78 is 13.1. The zero-order valence-corrected chi connectivity index (χ0v) is 25.7. The molecule has 0 aliphatic carbocycles. The molecule has 2 aromatic heterocycles. The van der Waals surface area contributed by atoms with E-state index in [4.69, 9.17) is 18.8 Å². The number of fused-ring (bicyclic) bond motifs is 8. The normalized spacial score (nSPS) is 14.9. The smallest absolute Gasteiger partial charge is 0.159 e. The molecule has 1 atom stereocenters. The highest BCUT2D eigenvalue weighted by Gasteiger charge is 2.24. The van der Waals surface area contributed by atoms with Crippen molar-refractivity contribution in [2.75, 3.05) is 0 Å². The Morgan fingerprint density at radius 1 is 0.458 bits per heavy atom. The molecule has 3 heterocycles. The first-order chi connectivity index (χ1) is 23.8. The topological polar surface area (TPSA) is 63.0 Å². The SMILES string of the molecule is c1ccc(-c2cc3c4ccc(C5=NC(c6ccccc6)NC(c6cccc7c6oc6ccccc67)=N5)cc4oc3c3ccccc23)cc1. The number of aliphatic imine (C=N–C) groups is 2. The van der Waals surface area contributed by atoms with Crippen LogP contribution in [0.4, 0.5) is 0 Å². The lowest BCUT2D eigenvalue weighted by atomic mass is 9.95. The second-order valence-electron chi connectivity index (χ2n) is 12.2. The molecular weight excluding hydrogens is 590 g/mol. The van der Waals surface area contributed by atoms with E-state index >= 15 is 0 Å². The Labute approximate surface area is 275 Å². The van der Waals surface area contributed by atoms with Crippen molar-refractivity contribution in [1.82, 2.24) is 5.32 Å². The molecule has 9 aromatic rings. The number of amidine groups is 2. The molecule has 10 rings (SSSR count). The Morgan fingerprint density at radius 3 is 1.98 bits per heavy atom.